The van der Waals surface area contributed by atoms with Crippen LogP contribution in [0, 0.1) is 11.2 Å². The number of amides is 1. The lowest BCUT2D eigenvalue weighted by Gasteiger charge is -2.28. The van der Waals surface area contributed by atoms with Gasteiger partial charge in [0.05, 0.1) is 11.1 Å². The molecule has 0 heterocycles. The molecular weight excluding hydrogens is 255 g/mol. The molecule has 0 aliphatic carbocycles. The van der Waals surface area contributed by atoms with E-state index in [1.54, 1.807) is 6.07 Å². The number of carbonyl (C=O) groups is 1. The Kier molecular flexibility index (Phi) is 4.71. The normalized spacial score (nSPS) is 13.4. The van der Waals surface area contributed by atoms with Crippen LogP contribution in [0.25, 0.3) is 0 Å². The van der Waals surface area contributed by atoms with Crippen molar-refractivity contribution in [3.63, 3.8) is 0 Å². The summed E-state index contributed by atoms with van der Waals surface area (Å²) in [4.78, 5) is 11.4. The summed E-state index contributed by atoms with van der Waals surface area (Å²) in [6.07, 6.45) is 0. The van der Waals surface area contributed by atoms with Gasteiger partial charge in [-0.15, -0.1) is 0 Å². The molecule has 0 fully saturated rings. The van der Waals surface area contributed by atoms with Crippen LogP contribution in [0.2, 0.25) is 5.02 Å². The smallest absolute Gasteiger partial charge is 0.235 e. The lowest BCUT2D eigenvalue weighted by atomic mass is 9.86. The van der Waals surface area contributed by atoms with Crippen molar-refractivity contribution in [1.29, 1.82) is 0 Å². The van der Waals surface area contributed by atoms with Gasteiger partial charge in [-0.05, 0) is 23.1 Å². The second-order valence-electron chi connectivity index (χ2n) is 5.33. The zero-order valence-electron chi connectivity index (χ0n) is 10.8. The highest BCUT2D eigenvalue weighted by Gasteiger charge is 2.28. The molecule has 1 aromatic carbocycles. The van der Waals surface area contributed by atoms with Crippen LogP contribution in [0.3, 0.4) is 0 Å². The molecule has 100 valence electrons. The summed E-state index contributed by atoms with van der Waals surface area (Å²) in [5, 5.41) is 3.12. The third-order valence-electron chi connectivity index (χ3n) is 2.64. The molecule has 0 aliphatic heterocycles. The summed E-state index contributed by atoms with van der Waals surface area (Å²) in [5.74, 6) is -0.890. The van der Waals surface area contributed by atoms with E-state index in [2.05, 4.69) is 5.32 Å². The first-order chi connectivity index (χ1) is 8.21. The number of carbonyl (C=O) groups excluding carboxylic acids is 1. The molecule has 1 rings (SSSR count). The Morgan fingerprint density at radius 2 is 2.11 bits per heavy atom. The number of hydrogen-bond acceptors (Lipinski definition) is 2. The van der Waals surface area contributed by atoms with Crippen molar-refractivity contribution in [1.82, 2.24) is 5.32 Å². The van der Waals surface area contributed by atoms with Gasteiger partial charge in [0.1, 0.15) is 5.82 Å². The van der Waals surface area contributed by atoms with Gasteiger partial charge in [0.15, 0.2) is 0 Å². The lowest BCUT2D eigenvalue weighted by molar-refractivity contribution is -0.122. The van der Waals surface area contributed by atoms with Crippen molar-refractivity contribution in [3.8, 4) is 0 Å². The van der Waals surface area contributed by atoms with Gasteiger partial charge in [-0.1, -0.05) is 38.4 Å². The number of hydrogen-bond donors (Lipinski definition) is 2. The molecule has 0 unspecified atom stereocenters. The maximum absolute atomic E-state index is 13.2. The number of primary amides is 1. The minimum Gasteiger partial charge on any atom is -0.368 e. The van der Waals surface area contributed by atoms with E-state index in [-0.39, 0.29) is 10.4 Å². The van der Waals surface area contributed by atoms with Crippen molar-refractivity contribution in [2.24, 2.45) is 11.1 Å². The molecule has 1 atom stereocenters. The number of nitrogens with one attached hydrogen (secondary N) is 1. The maximum atomic E-state index is 13.2. The first-order valence-electron chi connectivity index (χ1n) is 5.68. The van der Waals surface area contributed by atoms with E-state index in [4.69, 9.17) is 17.3 Å². The molecule has 5 heteroatoms. The average molecular weight is 273 g/mol. The highest BCUT2D eigenvalue weighted by atomic mass is 35.5. The van der Waals surface area contributed by atoms with Crippen LogP contribution in [0.4, 0.5) is 4.39 Å². The Bertz CT molecular complexity index is 443. The van der Waals surface area contributed by atoms with Crippen LogP contribution < -0.4 is 11.1 Å². The topological polar surface area (TPSA) is 55.1 Å². The molecule has 18 heavy (non-hydrogen) atoms. The predicted octanol–water partition coefficient (Wildman–Crippen LogP) is 2.47. The lowest BCUT2D eigenvalue weighted by Crippen LogP contribution is -2.49. The van der Waals surface area contributed by atoms with Crippen molar-refractivity contribution >= 4 is 17.5 Å². The van der Waals surface area contributed by atoms with E-state index in [0.717, 1.165) is 0 Å². The van der Waals surface area contributed by atoms with Crippen molar-refractivity contribution in [3.05, 3.63) is 34.6 Å². The average Bonchev–Trinajstić information content (AvgIpc) is 2.21. The van der Waals surface area contributed by atoms with E-state index in [1.165, 1.54) is 12.1 Å². The fourth-order valence-electron chi connectivity index (χ4n) is 1.70. The third-order valence-corrected chi connectivity index (χ3v) is 2.95. The Balaban J connectivity index is 2.73. The summed E-state index contributed by atoms with van der Waals surface area (Å²) < 4.78 is 13.2. The first kappa shape index (κ1) is 14.9. The fraction of sp³-hybridized carbons (Fsp3) is 0.462. The number of rotatable bonds is 4. The summed E-state index contributed by atoms with van der Waals surface area (Å²) >= 11 is 5.60. The third kappa shape index (κ3) is 3.96. The molecule has 0 radical (unpaired) electrons. The zero-order valence-corrected chi connectivity index (χ0v) is 11.5. The van der Waals surface area contributed by atoms with E-state index in [1.807, 2.05) is 20.8 Å². The van der Waals surface area contributed by atoms with E-state index < -0.39 is 17.8 Å². The monoisotopic (exact) mass is 272 g/mol. The van der Waals surface area contributed by atoms with Gasteiger partial charge in [0.2, 0.25) is 5.91 Å². The van der Waals surface area contributed by atoms with Crippen LogP contribution in [-0.2, 0) is 11.3 Å². The van der Waals surface area contributed by atoms with Crippen LogP contribution in [0.5, 0.6) is 0 Å². The van der Waals surface area contributed by atoms with Crippen molar-refractivity contribution in [2.75, 3.05) is 0 Å². The number of halogens is 2. The van der Waals surface area contributed by atoms with Crippen LogP contribution in [0.1, 0.15) is 26.3 Å². The zero-order chi connectivity index (χ0) is 13.9. The van der Waals surface area contributed by atoms with E-state index >= 15 is 0 Å². The molecule has 0 aliphatic rings. The quantitative estimate of drug-likeness (QED) is 0.885. The standard InChI is InChI=1S/C13H18ClFN2O/c1-13(2,3)11(12(16)18)17-7-8-4-5-9(14)10(15)6-8/h4-6,11,17H,7H2,1-3H3,(H2,16,18)/t11-/m1/s1. The molecule has 0 aromatic heterocycles. The molecular formula is C13H18ClFN2O. The molecule has 1 amide bonds. The van der Waals surface area contributed by atoms with Crippen LogP contribution in [-0.4, -0.2) is 11.9 Å². The maximum Gasteiger partial charge on any atom is 0.235 e. The SMILES string of the molecule is CC(C)(C)[C@H](NCc1ccc(Cl)c(F)c1)C(N)=O. The first-order valence-corrected chi connectivity index (χ1v) is 6.06. The van der Waals surface area contributed by atoms with Crippen LogP contribution >= 0.6 is 11.6 Å². The minimum absolute atomic E-state index is 0.0843. The Morgan fingerprint density at radius 1 is 1.50 bits per heavy atom. The molecule has 0 saturated heterocycles. The Hall–Kier alpha value is -1.13. The van der Waals surface area contributed by atoms with E-state index in [9.17, 15) is 9.18 Å². The summed E-state index contributed by atoms with van der Waals surface area (Å²) in [6, 6.07) is 4.07. The van der Waals surface area contributed by atoms with Crippen LogP contribution in [0.15, 0.2) is 18.2 Å². The summed E-state index contributed by atoms with van der Waals surface area (Å²) in [7, 11) is 0. The molecule has 0 spiro atoms. The minimum atomic E-state index is -0.476. The number of benzene rings is 1. The van der Waals surface area contributed by atoms with Gasteiger partial charge in [-0.2, -0.15) is 0 Å². The predicted molar refractivity (Wildman–Crippen MR) is 70.7 cm³/mol. The summed E-state index contributed by atoms with van der Waals surface area (Å²) in [6.45, 7) is 6.10. The second kappa shape index (κ2) is 5.67. The van der Waals surface area contributed by atoms with Gasteiger partial charge < -0.3 is 11.1 Å². The number of nitrogens with two attached hydrogens (primary N) is 1. The molecule has 1 aromatic rings. The molecule has 3 N–H and O–H groups in total. The second-order valence-corrected chi connectivity index (χ2v) is 5.74. The van der Waals surface area contributed by atoms with Gasteiger partial charge in [0.25, 0.3) is 0 Å². The van der Waals surface area contributed by atoms with Crippen molar-refractivity contribution in [2.45, 2.75) is 33.4 Å². The highest BCUT2D eigenvalue weighted by molar-refractivity contribution is 6.30. The summed E-state index contributed by atoms with van der Waals surface area (Å²) in [5.41, 5.74) is 5.76. The van der Waals surface area contributed by atoms with Crippen molar-refractivity contribution < 1.29 is 9.18 Å². The molecule has 0 bridgehead atoms. The van der Waals surface area contributed by atoms with Gasteiger partial charge in [-0.3, -0.25) is 4.79 Å². The van der Waals surface area contributed by atoms with Gasteiger partial charge >= 0.3 is 0 Å². The Morgan fingerprint density at radius 3 is 2.56 bits per heavy atom. The largest absolute Gasteiger partial charge is 0.368 e. The highest BCUT2D eigenvalue weighted by Crippen LogP contribution is 2.20. The molecule has 0 saturated carbocycles. The van der Waals surface area contributed by atoms with E-state index in [0.29, 0.717) is 12.1 Å². The Labute approximate surface area is 112 Å². The molecule has 3 nitrogen and oxygen atoms in total. The fourth-order valence-corrected chi connectivity index (χ4v) is 1.82. The van der Waals surface area contributed by atoms with Gasteiger partial charge in [0, 0.05) is 6.54 Å². The van der Waals surface area contributed by atoms with Gasteiger partial charge in [-0.25, -0.2) is 4.39 Å².